The van der Waals surface area contributed by atoms with Crippen molar-refractivity contribution >= 4 is 17.7 Å². The topological polar surface area (TPSA) is 84.9 Å². The minimum absolute atomic E-state index is 0.168. The summed E-state index contributed by atoms with van der Waals surface area (Å²) in [6.45, 7) is 1.54. The molecule has 7 heteroatoms. The van der Waals surface area contributed by atoms with E-state index < -0.39 is 17.5 Å². The van der Waals surface area contributed by atoms with E-state index in [2.05, 4.69) is 5.32 Å². The van der Waals surface area contributed by atoms with Crippen LogP contribution in [-0.2, 0) is 11.2 Å². The van der Waals surface area contributed by atoms with E-state index in [0.717, 1.165) is 10.5 Å². The standard InChI is InChI=1S/C20H18N2O5/c1-20(10-13-7-8-16-17(9-13)27-12-26-16)18(24)22(19(25)21-20)11-15(23)14-5-3-2-4-6-14/h2-9H,10-12H2,1H3,(H,21,25). The monoisotopic (exact) mass is 366 g/mol. The van der Waals surface area contributed by atoms with Crippen LogP contribution in [0.4, 0.5) is 4.79 Å². The van der Waals surface area contributed by atoms with Gasteiger partial charge in [0.15, 0.2) is 17.3 Å². The van der Waals surface area contributed by atoms with E-state index in [1.807, 2.05) is 6.07 Å². The number of nitrogens with one attached hydrogen (secondary N) is 1. The highest BCUT2D eigenvalue weighted by atomic mass is 16.7. The molecular weight excluding hydrogens is 348 g/mol. The lowest BCUT2D eigenvalue weighted by Gasteiger charge is -2.21. The van der Waals surface area contributed by atoms with Gasteiger partial charge in [0.1, 0.15) is 5.54 Å². The fourth-order valence-electron chi connectivity index (χ4n) is 3.33. The molecule has 1 fully saturated rings. The number of fused-ring (bicyclic) bond motifs is 1. The molecule has 4 rings (SSSR count). The van der Waals surface area contributed by atoms with Gasteiger partial charge in [0.25, 0.3) is 5.91 Å². The van der Waals surface area contributed by atoms with Crippen molar-refractivity contribution in [3.05, 3.63) is 59.7 Å². The van der Waals surface area contributed by atoms with Crippen LogP contribution in [-0.4, -0.2) is 41.5 Å². The number of Topliss-reactive ketones (excluding diaryl/α,β-unsaturated/α-hetero) is 1. The number of carbonyl (C=O) groups is 3. The predicted octanol–water partition coefficient (Wildman–Crippen LogP) is 2.15. The molecule has 2 heterocycles. The maximum atomic E-state index is 12.9. The summed E-state index contributed by atoms with van der Waals surface area (Å²) in [5.41, 5.74) is 0.163. The van der Waals surface area contributed by atoms with Crippen molar-refractivity contribution in [2.24, 2.45) is 0 Å². The lowest BCUT2D eigenvalue weighted by atomic mass is 9.92. The van der Waals surface area contributed by atoms with E-state index in [4.69, 9.17) is 9.47 Å². The number of rotatable bonds is 5. The fourth-order valence-corrected chi connectivity index (χ4v) is 3.33. The first-order valence-corrected chi connectivity index (χ1v) is 8.57. The van der Waals surface area contributed by atoms with Gasteiger partial charge in [-0.2, -0.15) is 0 Å². The first-order valence-electron chi connectivity index (χ1n) is 8.57. The average molecular weight is 366 g/mol. The highest BCUT2D eigenvalue weighted by Crippen LogP contribution is 2.34. The SMILES string of the molecule is CC1(Cc2ccc3c(c2)OCO3)NC(=O)N(CC(=O)c2ccccc2)C1=O. The van der Waals surface area contributed by atoms with E-state index in [1.165, 1.54) is 0 Å². The zero-order valence-electron chi connectivity index (χ0n) is 14.7. The quantitative estimate of drug-likeness (QED) is 0.647. The summed E-state index contributed by atoms with van der Waals surface area (Å²) in [6, 6.07) is 13.4. The number of hydrogen-bond acceptors (Lipinski definition) is 5. The third-order valence-electron chi connectivity index (χ3n) is 4.74. The number of ketones is 1. The second-order valence-electron chi connectivity index (χ2n) is 6.81. The largest absolute Gasteiger partial charge is 0.454 e. The Bertz CT molecular complexity index is 927. The van der Waals surface area contributed by atoms with E-state index in [1.54, 1.807) is 49.4 Å². The smallest absolute Gasteiger partial charge is 0.325 e. The van der Waals surface area contributed by atoms with Crippen molar-refractivity contribution in [2.75, 3.05) is 13.3 Å². The molecule has 0 aromatic heterocycles. The van der Waals surface area contributed by atoms with Crippen LogP contribution in [0, 0.1) is 0 Å². The summed E-state index contributed by atoms with van der Waals surface area (Å²) in [5, 5.41) is 2.72. The van der Waals surface area contributed by atoms with Gasteiger partial charge in [-0.15, -0.1) is 0 Å². The number of amides is 3. The van der Waals surface area contributed by atoms with Gasteiger partial charge in [0.2, 0.25) is 6.79 Å². The van der Waals surface area contributed by atoms with Crippen LogP contribution in [0.15, 0.2) is 48.5 Å². The minimum Gasteiger partial charge on any atom is -0.454 e. The molecule has 0 bridgehead atoms. The first-order chi connectivity index (χ1) is 13.0. The Balaban J connectivity index is 1.50. The van der Waals surface area contributed by atoms with Gasteiger partial charge >= 0.3 is 6.03 Å². The van der Waals surface area contributed by atoms with Gasteiger partial charge < -0.3 is 14.8 Å². The second kappa shape index (κ2) is 6.42. The molecular formula is C20H18N2O5. The summed E-state index contributed by atoms with van der Waals surface area (Å²) < 4.78 is 10.6. The fraction of sp³-hybridized carbons (Fsp3) is 0.250. The molecule has 1 atom stereocenters. The van der Waals surface area contributed by atoms with Crippen molar-refractivity contribution in [2.45, 2.75) is 18.9 Å². The number of urea groups is 1. The lowest BCUT2D eigenvalue weighted by Crippen LogP contribution is -2.46. The molecule has 2 aliphatic rings. The number of carbonyl (C=O) groups excluding carboxylic acids is 3. The van der Waals surface area contributed by atoms with Crippen LogP contribution in [0.5, 0.6) is 11.5 Å². The van der Waals surface area contributed by atoms with Gasteiger partial charge in [-0.1, -0.05) is 36.4 Å². The van der Waals surface area contributed by atoms with Crippen LogP contribution < -0.4 is 14.8 Å². The van der Waals surface area contributed by atoms with Gasteiger partial charge in [0.05, 0.1) is 6.54 Å². The summed E-state index contributed by atoms with van der Waals surface area (Å²) >= 11 is 0. The Morgan fingerprint density at radius 3 is 2.63 bits per heavy atom. The Hall–Kier alpha value is -3.35. The third-order valence-corrected chi connectivity index (χ3v) is 4.74. The van der Waals surface area contributed by atoms with E-state index >= 15 is 0 Å². The highest BCUT2D eigenvalue weighted by molar-refractivity contribution is 6.11. The lowest BCUT2D eigenvalue weighted by molar-refractivity contribution is -0.130. The molecule has 1 saturated heterocycles. The Kier molecular flexibility index (Phi) is 4.07. The summed E-state index contributed by atoms with van der Waals surface area (Å²) in [7, 11) is 0. The van der Waals surface area contributed by atoms with Gasteiger partial charge in [-0.3, -0.25) is 14.5 Å². The number of benzene rings is 2. The summed E-state index contributed by atoms with van der Waals surface area (Å²) in [6.07, 6.45) is 0.282. The molecule has 138 valence electrons. The average Bonchev–Trinajstić information content (AvgIpc) is 3.20. The van der Waals surface area contributed by atoms with Gasteiger partial charge in [0, 0.05) is 12.0 Å². The molecule has 1 unspecified atom stereocenters. The van der Waals surface area contributed by atoms with Crippen LogP contribution >= 0.6 is 0 Å². The Morgan fingerprint density at radius 1 is 1.11 bits per heavy atom. The first kappa shape index (κ1) is 17.1. The van der Waals surface area contributed by atoms with Crippen molar-refractivity contribution in [1.82, 2.24) is 10.2 Å². The number of ether oxygens (including phenoxy) is 2. The van der Waals surface area contributed by atoms with Gasteiger partial charge in [-0.05, 0) is 24.6 Å². The molecule has 0 spiro atoms. The highest BCUT2D eigenvalue weighted by Gasteiger charge is 2.48. The van der Waals surface area contributed by atoms with E-state index in [-0.39, 0.29) is 25.5 Å². The molecule has 2 aliphatic heterocycles. The molecule has 0 radical (unpaired) electrons. The molecule has 3 amide bonds. The Labute approximate surface area is 155 Å². The molecule has 2 aromatic carbocycles. The maximum Gasteiger partial charge on any atom is 0.325 e. The maximum absolute atomic E-state index is 12.9. The molecule has 1 N–H and O–H groups in total. The van der Waals surface area contributed by atoms with Crippen molar-refractivity contribution < 1.29 is 23.9 Å². The summed E-state index contributed by atoms with van der Waals surface area (Å²) in [4.78, 5) is 38.6. The van der Waals surface area contributed by atoms with Crippen molar-refractivity contribution in [3.63, 3.8) is 0 Å². The Morgan fingerprint density at radius 2 is 1.85 bits per heavy atom. The summed E-state index contributed by atoms with van der Waals surface area (Å²) in [5.74, 6) is 0.561. The van der Waals surface area contributed by atoms with Gasteiger partial charge in [-0.25, -0.2) is 4.79 Å². The third kappa shape index (κ3) is 3.12. The van der Waals surface area contributed by atoms with Crippen LogP contribution in [0.25, 0.3) is 0 Å². The zero-order chi connectivity index (χ0) is 19.0. The second-order valence-corrected chi connectivity index (χ2v) is 6.81. The van der Waals surface area contributed by atoms with Crippen LogP contribution in [0.3, 0.4) is 0 Å². The molecule has 0 saturated carbocycles. The number of hydrogen-bond donors (Lipinski definition) is 1. The minimum atomic E-state index is -1.12. The molecule has 7 nitrogen and oxygen atoms in total. The zero-order valence-corrected chi connectivity index (χ0v) is 14.7. The number of nitrogens with zero attached hydrogens (tertiary/aromatic N) is 1. The van der Waals surface area contributed by atoms with Crippen molar-refractivity contribution in [3.8, 4) is 11.5 Å². The molecule has 2 aromatic rings. The molecule has 0 aliphatic carbocycles. The number of imide groups is 1. The van der Waals surface area contributed by atoms with E-state index in [9.17, 15) is 14.4 Å². The normalized spacial score (nSPS) is 20.7. The molecule has 27 heavy (non-hydrogen) atoms. The van der Waals surface area contributed by atoms with Crippen LogP contribution in [0.1, 0.15) is 22.8 Å². The van der Waals surface area contributed by atoms with Crippen molar-refractivity contribution in [1.29, 1.82) is 0 Å². The predicted molar refractivity (Wildman–Crippen MR) is 95.7 cm³/mol. The van der Waals surface area contributed by atoms with Crippen LogP contribution in [0.2, 0.25) is 0 Å². The van der Waals surface area contributed by atoms with E-state index in [0.29, 0.717) is 17.1 Å².